The minimum Gasteiger partial charge on any atom is -0.293 e. The number of benzene rings is 2. The number of nitrogens with one attached hydrogen (secondary N) is 1. The minimum absolute atomic E-state index is 0.0593. The molecule has 1 N–H and O–H groups in total. The van der Waals surface area contributed by atoms with Crippen LogP contribution in [0.4, 0.5) is 0 Å². The molecule has 2 nitrogen and oxygen atoms in total. The van der Waals surface area contributed by atoms with Gasteiger partial charge >= 0.3 is 0 Å². The third-order valence-electron chi connectivity index (χ3n) is 4.12. The van der Waals surface area contributed by atoms with Crippen LogP contribution in [0.3, 0.4) is 0 Å². The van der Waals surface area contributed by atoms with Gasteiger partial charge in [0.05, 0.1) is 6.04 Å². The quantitative estimate of drug-likeness (QED) is 0.588. The van der Waals surface area contributed by atoms with Gasteiger partial charge in [0.15, 0.2) is 0 Å². The van der Waals surface area contributed by atoms with Gasteiger partial charge in [-0.3, -0.25) is 4.84 Å². The first-order valence-electron chi connectivity index (χ1n) is 8.73. The van der Waals surface area contributed by atoms with E-state index in [0.29, 0.717) is 5.92 Å². The van der Waals surface area contributed by atoms with E-state index in [-0.39, 0.29) is 12.1 Å². The van der Waals surface area contributed by atoms with E-state index in [1.807, 2.05) is 6.07 Å². The molecule has 0 spiro atoms. The van der Waals surface area contributed by atoms with Crippen molar-refractivity contribution in [1.82, 2.24) is 5.48 Å². The molecule has 2 rings (SSSR count). The molecule has 0 aliphatic rings. The maximum atomic E-state index is 6.15. The van der Waals surface area contributed by atoms with Crippen molar-refractivity contribution >= 4 is 0 Å². The second-order valence-electron chi connectivity index (χ2n) is 6.42. The molecule has 0 aromatic heterocycles. The molecular formula is C21H29NO. The number of unbranched alkanes of at least 4 members (excludes halogenated alkanes) is 1. The lowest BCUT2D eigenvalue weighted by Gasteiger charge is -2.26. The summed E-state index contributed by atoms with van der Waals surface area (Å²) < 4.78 is 0. The van der Waals surface area contributed by atoms with Crippen molar-refractivity contribution in [2.45, 2.75) is 52.2 Å². The molecule has 0 bridgehead atoms. The van der Waals surface area contributed by atoms with Crippen LogP contribution in [-0.4, -0.2) is 0 Å². The van der Waals surface area contributed by atoms with E-state index in [4.69, 9.17) is 4.84 Å². The Morgan fingerprint density at radius 1 is 0.870 bits per heavy atom. The van der Waals surface area contributed by atoms with Crippen molar-refractivity contribution in [2.24, 2.45) is 5.92 Å². The molecule has 0 heterocycles. The van der Waals surface area contributed by atoms with E-state index < -0.39 is 0 Å². The summed E-state index contributed by atoms with van der Waals surface area (Å²) in [7, 11) is 0. The van der Waals surface area contributed by atoms with Gasteiger partial charge in [-0.25, -0.2) is 0 Å². The Bertz CT molecular complexity index is 538. The van der Waals surface area contributed by atoms with Crippen molar-refractivity contribution in [3.8, 4) is 0 Å². The molecule has 2 atom stereocenters. The smallest absolute Gasteiger partial charge is 0.106 e. The molecule has 2 heteroatoms. The van der Waals surface area contributed by atoms with Gasteiger partial charge in [-0.2, -0.15) is 5.48 Å². The van der Waals surface area contributed by atoms with Crippen molar-refractivity contribution in [2.75, 3.05) is 0 Å². The van der Waals surface area contributed by atoms with Crippen molar-refractivity contribution in [3.05, 3.63) is 71.8 Å². The molecule has 2 unspecified atom stereocenters. The van der Waals surface area contributed by atoms with E-state index in [1.165, 1.54) is 24.0 Å². The summed E-state index contributed by atoms with van der Waals surface area (Å²) in [5.41, 5.74) is 5.86. The predicted octanol–water partition coefficient (Wildman–Crippen LogP) is 5.84. The first kappa shape index (κ1) is 17.7. The van der Waals surface area contributed by atoms with Crippen LogP contribution in [0.15, 0.2) is 60.7 Å². The number of rotatable bonds is 9. The second-order valence-corrected chi connectivity index (χ2v) is 6.42. The molecule has 0 saturated heterocycles. The van der Waals surface area contributed by atoms with Crippen LogP contribution in [0.5, 0.6) is 0 Å². The lowest BCUT2D eigenvalue weighted by Crippen LogP contribution is -2.26. The Kier molecular flexibility index (Phi) is 7.31. The van der Waals surface area contributed by atoms with Gasteiger partial charge in [0.1, 0.15) is 6.10 Å². The average molecular weight is 311 g/mol. The molecule has 23 heavy (non-hydrogen) atoms. The molecule has 0 radical (unpaired) electrons. The molecule has 0 amide bonds. The molecule has 0 fully saturated rings. The first-order valence-corrected chi connectivity index (χ1v) is 8.73. The van der Waals surface area contributed by atoms with Crippen molar-refractivity contribution < 1.29 is 4.84 Å². The molecule has 2 aromatic carbocycles. The summed E-state index contributed by atoms with van der Waals surface area (Å²) in [6.45, 7) is 6.62. The Labute approximate surface area is 140 Å². The van der Waals surface area contributed by atoms with E-state index in [9.17, 15) is 0 Å². The van der Waals surface area contributed by atoms with Crippen LogP contribution in [-0.2, 0) is 4.84 Å². The topological polar surface area (TPSA) is 21.3 Å². The van der Waals surface area contributed by atoms with E-state index in [0.717, 1.165) is 6.42 Å². The zero-order valence-corrected chi connectivity index (χ0v) is 14.5. The summed E-state index contributed by atoms with van der Waals surface area (Å²) in [5, 5.41) is 0. The van der Waals surface area contributed by atoms with Crippen LogP contribution in [0, 0.1) is 5.92 Å². The van der Waals surface area contributed by atoms with Gasteiger partial charge in [0.2, 0.25) is 0 Å². The molecular weight excluding hydrogens is 282 g/mol. The lowest BCUT2D eigenvalue weighted by atomic mass is 9.99. The molecule has 2 aromatic rings. The normalized spacial score (nSPS) is 13.9. The van der Waals surface area contributed by atoms with Crippen LogP contribution < -0.4 is 5.48 Å². The van der Waals surface area contributed by atoms with Crippen molar-refractivity contribution in [1.29, 1.82) is 0 Å². The van der Waals surface area contributed by atoms with Crippen molar-refractivity contribution in [3.63, 3.8) is 0 Å². The number of hydroxylamine groups is 1. The second kappa shape index (κ2) is 9.49. The fourth-order valence-electron chi connectivity index (χ4n) is 2.77. The predicted molar refractivity (Wildman–Crippen MR) is 96.9 cm³/mol. The average Bonchev–Trinajstić information content (AvgIpc) is 2.59. The molecule has 0 aliphatic carbocycles. The molecule has 124 valence electrons. The van der Waals surface area contributed by atoms with Crippen LogP contribution >= 0.6 is 0 Å². The zero-order valence-electron chi connectivity index (χ0n) is 14.5. The Morgan fingerprint density at radius 3 is 1.96 bits per heavy atom. The fourth-order valence-corrected chi connectivity index (χ4v) is 2.77. The highest BCUT2D eigenvalue weighted by Gasteiger charge is 2.19. The van der Waals surface area contributed by atoms with Crippen LogP contribution in [0.2, 0.25) is 0 Å². The third-order valence-corrected chi connectivity index (χ3v) is 4.12. The maximum absolute atomic E-state index is 6.15. The lowest BCUT2D eigenvalue weighted by molar-refractivity contribution is -0.0695. The summed E-state index contributed by atoms with van der Waals surface area (Å²) >= 11 is 0. The zero-order chi connectivity index (χ0) is 16.5. The summed E-state index contributed by atoms with van der Waals surface area (Å²) in [6, 6.07) is 21.3. The van der Waals surface area contributed by atoms with E-state index in [2.05, 4.69) is 80.8 Å². The number of hydrogen-bond donors (Lipinski definition) is 1. The fraction of sp³-hybridized carbons (Fsp3) is 0.429. The van der Waals surface area contributed by atoms with Gasteiger partial charge in [-0.15, -0.1) is 0 Å². The number of hydrogen-bond acceptors (Lipinski definition) is 2. The Morgan fingerprint density at radius 2 is 1.43 bits per heavy atom. The first-order chi connectivity index (χ1) is 11.2. The molecule has 0 aliphatic heterocycles. The highest BCUT2D eigenvalue weighted by molar-refractivity contribution is 5.19. The summed E-state index contributed by atoms with van der Waals surface area (Å²) in [4.78, 5) is 6.15. The van der Waals surface area contributed by atoms with Gasteiger partial charge in [0, 0.05) is 0 Å². The van der Waals surface area contributed by atoms with Gasteiger partial charge in [-0.1, -0.05) is 94.3 Å². The maximum Gasteiger partial charge on any atom is 0.106 e. The van der Waals surface area contributed by atoms with Gasteiger partial charge in [-0.05, 0) is 23.5 Å². The third kappa shape index (κ3) is 5.49. The van der Waals surface area contributed by atoms with Gasteiger partial charge < -0.3 is 0 Å². The highest BCUT2D eigenvalue weighted by Crippen LogP contribution is 2.27. The largest absolute Gasteiger partial charge is 0.293 e. The highest BCUT2D eigenvalue weighted by atomic mass is 16.7. The molecule has 0 saturated carbocycles. The standard InChI is InChI=1S/C21H29NO/c1-4-5-16-20(18-12-8-6-9-13-18)22-23-21(17(2)3)19-14-10-7-11-15-19/h6-15,17,20-22H,4-5,16H2,1-3H3. The Balaban J connectivity index is 2.06. The van der Waals surface area contributed by atoms with E-state index in [1.54, 1.807) is 0 Å². The minimum atomic E-state index is 0.0593. The van der Waals surface area contributed by atoms with Gasteiger partial charge in [0.25, 0.3) is 0 Å². The van der Waals surface area contributed by atoms with E-state index >= 15 is 0 Å². The monoisotopic (exact) mass is 311 g/mol. The Hall–Kier alpha value is -1.64. The summed E-state index contributed by atoms with van der Waals surface area (Å²) in [6.07, 6.45) is 3.52. The summed E-state index contributed by atoms with van der Waals surface area (Å²) in [5.74, 6) is 0.410. The van der Waals surface area contributed by atoms with Crippen LogP contribution in [0.1, 0.15) is 63.3 Å². The SMILES string of the molecule is CCCCC(NOC(c1ccccc1)C(C)C)c1ccccc1. The van der Waals surface area contributed by atoms with Crippen LogP contribution in [0.25, 0.3) is 0 Å².